The van der Waals surface area contributed by atoms with Gasteiger partial charge in [-0.05, 0) is 107 Å². The SMILES string of the molecule is CCCc1c(-c2ccc(-n3c4ccccc4c4cc(-c5ccc6c(c5)c5ccccc5n6-c5ccccc5)ccc43)cc2)cccc1-c1ccccc1O. The molecule has 0 amide bonds. The molecule has 258 valence electrons. The summed E-state index contributed by atoms with van der Waals surface area (Å²) in [6.07, 6.45) is 1.95. The number of phenolic OH excluding ortho intramolecular Hbond substituents is 1. The lowest BCUT2D eigenvalue weighted by Gasteiger charge is -2.17. The molecule has 10 rings (SSSR count). The van der Waals surface area contributed by atoms with Crippen molar-refractivity contribution < 1.29 is 5.11 Å². The molecule has 8 aromatic carbocycles. The van der Waals surface area contributed by atoms with Gasteiger partial charge in [0.15, 0.2) is 0 Å². The van der Waals surface area contributed by atoms with Gasteiger partial charge in [-0.3, -0.25) is 0 Å². The van der Waals surface area contributed by atoms with Crippen molar-refractivity contribution in [3.8, 4) is 50.5 Å². The van der Waals surface area contributed by atoms with Gasteiger partial charge in [-0.15, -0.1) is 0 Å². The summed E-state index contributed by atoms with van der Waals surface area (Å²) in [5, 5.41) is 15.7. The first-order valence-corrected chi connectivity index (χ1v) is 18.8. The van der Waals surface area contributed by atoms with E-state index in [0.29, 0.717) is 5.75 Å². The van der Waals surface area contributed by atoms with Crippen molar-refractivity contribution in [3.63, 3.8) is 0 Å². The number of nitrogens with zero attached hydrogens (tertiary/aromatic N) is 2. The predicted octanol–water partition coefficient (Wildman–Crippen LogP) is 13.5. The van der Waals surface area contributed by atoms with Crippen LogP contribution in [0.5, 0.6) is 5.75 Å². The molecule has 0 unspecified atom stereocenters. The third-order valence-electron chi connectivity index (χ3n) is 11.0. The van der Waals surface area contributed by atoms with Crippen LogP contribution in [0.2, 0.25) is 0 Å². The zero-order valence-corrected chi connectivity index (χ0v) is 30.1. The number of benzene rings is 8. The Balaban J connectivity index is 1.07. The van der Waals surface area contributed by atoms with Gasteiger partial charge in [0.05, 0.1) is 22.1 Å². The molecule has 0 fully saturated rings. The van der Waals surface area contributed by atoms with Crippen LogP contribution in [0.25, 0.3) is 88.4 Å². The maximum absolute atomic E-state index is 10.7. The summed E-state index contributed by atoms with van der Waals surface area (Å²) in [5.41, 5.74) is 15.1. The van der Waals surface area contributed by atoms with Crippen molar-refractivity contribution in [1.82, 2.24) is 9.13 Å². The molecule has 0 radical (unpaired) electrons. The minimum atomic E-state index is 0.313. The summed E-state index contributed by atoms with van der Waals surface area (Å²) in [5.74, 6) is 0.313. The fourth-order valence-electron chi connectivity index (χ4n) is 8.56. The summed E-state index contributed by atoms with van der Waals surface area (Å²) in [6, 6.07) is 65.0. The van der Waals surface area contributed by atoms with Crippen molar-refractivity contribution in [2.75, 3.05) is 0 Å². The Labute approximate surface area is 314 Å². The molecule has 0 saturated carbocycles. The second kappa shape index (κ2) is 13.0. The number of para-hydroxylation sites is 4. The first kappa shape index (κ1) is 31.9. The van der Waals surface area contributed by atoms with Gasteiger partial charge >= 0.3 is 0 Å². The molecule has 10 aromatic rings. The van der Waals surface area contributed by atoms with E-state index in [9.17, 15) is 5.11 Å². The second-order valence-electron chi connectivity index (χ2n) is 14.2. The molecule has 1 N–H and O–H groups in total. The fraction of sp³-hybridized carbons (Fsp3) is 0.0588. The van der Waals surface area contributed by atoms with Gasteiger partial charge in [0, 0.05) is 38.5 Å². The minimum Gasteiger partial charge on any atom is -0.507 e. The largest absolute Gasteiger partial charge is 0.507 e. The molecular weight excluding hydrogens is 657 g/mol. The quantitative estimate of drug-likeness (QED) is 0.177. The van der Waals surface area contributed by atoms with Crippen LogP contribution in [0.3, 0.4) is 0 Å². The number of hydrogen-bond donors (Lipinski definition) is 1. The maximum atomic E-state index is 10.7. The summed E-state index contributed by atoms with van der Waals surface area (Å²) >= 11 is 0. The van der Waals surface area contributed by atoms with Gasteiger partial charge in [-0.2, -0.15) is 0 Å². The van der Waals surface area contributed by atoms with Crippen molar-refractivity contribution in [3.05, 3.63) is 188 Å². The van der Waals surface area contributed by atoms with E-state index in [1.807, 2.05) is 18.2 Å². The van der Waals surface area contributed by atoms with Crippen molar-refractivity contribution in [1.29, 1.82) is 0 Å². The first-order chi connectivity index (χ1) is 26.7. The van der Waals surface area contributed by atoms with Crippen LogP contribution in [0, 0.1) is 0 Å². The van der Waals surface area contributed by atoms with Crippen LogP contribution in [0.15, 0.2) is 182 Å². The van der Waals surface area contributed by atoms with Gasteiger partial charge in [0.25, 0.3) is 0 Å². The van der Waals surface area contributed by atoms with Crippen LogP contribution in [-0.2, 0) is 6.42 Å². The highest BCUT2D eigenvalue weighted by Gasteiger charge is 2.17. The van der Waals surface area contributed by atoms with E-state index in [0.717, 1.165) is 29.7 Å². The monoisotopic (exact) mass is 694 g/mol. The summed E-state index contributed by atoms with van der Waals surface area (Å²) < 4.78 is 4.76. The molecule has 0 bridgehead atoms. The minimum absolute atomic E-state index is 0.313. The fourth-order valence-corrected chi connectivity index (χ4v) is 8.56. The van der Waals surface area contributed by atoms with E-state index in [-0.39, 0.29) is 0 Å². The van der Waals surface area contributed by atoms with Crippen LogP contribution < -0.4 is 0 Å². The van der Waals surface area contributed by atoms with Crippen LogP contribution in [0.4, 0.5) is 0 Å². The Morgan fingerprint density at radius 1 is 0.389 bits per heavy atom. The Morgan fingerprint density at radius 2 is 0.870 bits per heavy atom. The maximum Gasteiger partial charge on any atom is 0.123 e. The van der Waals surface area contributed by atoms with E-state index < -0.39 is 0 Å². The summed E-state index contributed by atoms with van der Waals surface area (Å²) in [7, 11) is 0. The summed E-state index contributed by atoms with van der Waals surface area (Å²) in [4.78, 5) is 0. The number of fused-ring (bicyclic) bond motifs is 6. The van der Waals surface area contributed by atoms with E-state index in [4.69, 9.17) is 0 Å². The van der Waals surface area contributed by atoms with E-state index in [2.05, 4.69) is 174 Å². The first-order valence-electron chi connectivity index (χ1n) is 18.8. The normalized spacial score (nSPS) is 11.6. The zero-order valence-electron chi connectivity index (χ0n) is 30.1. The molecule has 0 spiro atoms. The lowest BCUT2D eigenvalue weighted by Crippen LogP contribution is -1.96. The Kier molecular flexibility index (Phi) is 7.66. The van der Waals surface area contributed by atoms with Crippen LogP contribution in [-0.4, -0.2) is 14.2 Å². The van der Waals surface area contributed by atoms with Crippen LogP contribution >= 0.6 is 0 Å². The van der Waals surface area contributed by atoms with Gasteiger partial charge in [0.2, 0.25) is 0 Å². The molecule has 54 heavy (non-hydrogen) atoms. The lowest BCUT2D eigenvalue weighted by atomic mass is 9.89. The molecule has 0 saturated heterocycles. The number of phenols is 1. The Bertz CT molecular complexity index is 3000. The molecule has 0 aliphatic rings. The highest BCUT2D eigenvalue weighted by molar-refractivity contribution is 6.12. The summed E-state index contributed by atoms with van der Waals surface area (Å²) in [6.45, 7) is 2.21. The molecular formula is C51H38N2O. The number of aromatic hydroxyl groups is 1. The predicted molar refractivity (Wildman–Crippen MR) is 227 cm³/mol. The molecule has 2 heterocycles. The van der Waals surface area contributed by atoms with Crippen LogP contribution in [0.1, 0.15) is 18.9 Å². The number of hydrogen-bond acceptors (Lipinski definition) is 1. The Morgan fingerprint density at radius 3 is 1.48 bits per heavy atom. The molecule has 0 atom stereocenters. The highest BCUT2D eigenvalue weighted by atomic mass is 16.3. The highest BCUT2D eigenvalue weighted by Crippen LogP contribution is 2.40. The van der Waals surface area contributed by atoms with Gasteiger partial charge < -0.3 is 14.2 Å². The van der Waals surface area contributed by atoms with Crippen molar-refractivity contribution >= 4 is 43.6 Å². The molecule has 0 aliphatic heterocycles. The van der Waals surface area contributed by atoms with Gasteiger partial charge in [-0.1, -0.05) is 129 Å². The van der Waals surface area contributed by atoms with E-state index in [1.54, 1.807) is 6.07 Å². The third-order valence-corrected chi connectivity index (χ3v) is 11.0. The molecule has 0 aliphatic carbocycles. The van der Waals surface area contributed by atoms with Gasteiger partial charge in [0.1, 0.15) is 5.75 Å². The topological polar surface area (TPSA) is 30.1 Å². The molecule has 2 aromatic heterocycles. The lowest BCUT2D eigenvalue weighted by molar-refractivity contribution is 0.477. The van der Waals surface area contributed by atoms with Gasteiger partial charge in [-0.25, -0.2) is 0 Å². The smallest absolute Gasteiger partial charge is 0.123 e. The average Bonchev–Trinajstić information content (AvgIpc) is 3.74. The zero-order chi connectivity index (χ0) is 36.2. The molecule has 3 nitrogen and oxygen atoms in total. The number of rotatable bonds is 7. The van der Waals surface area contributed by atoms with Crippen molar-refractivity contribution in [2.45, 2.75) is 19.8 Å². The van der Waals surface area contributed by atoms with E-state index >= 15 is 0 Å². The van der Waals surface area contributed by atoms with Crippen molar-refractivity contribution in [2.24, 2.45) is 0 Å². The second-order valence-corrected chi connectivity index (χ2v) is 14.2. The standard InChI is InChI=1S/C51H38N2O/c1-2-13-40-39(19-12-20-41(40)44-18-8-11-23-51(44)54)34-24-28-38(29-25-34)53-48-22-10-7-17-43(48)46-33-36(27-31-50(46)53)35-26-30-49-45(32-35)42-16-6-9-21-47(42)52(49)37-14-4-3-5-15-37/h3-12,14-33,54H,2,13H2,1H3. The average molecular weight is 695 g/mol. The molecule has 3 heteroatoms. The third kappa shape index (κ3) is 5.12. The number of aromatic nitrogens is 2. The van der Waals surface area contributed by atoms with E-state index in [1.165, 1.54) is 77.1 Å². The Hall–Kier alpha value is -6.84.